The van der Waals surface area contributed by atoms with E-state index in [2.05, 4.69) is 13.2 Å². The molecule has 0 heterocycles. The third-order valence-corrected chi connectivity index (χ3v) is 0. The van der Waals surface area contributed by atoms with Crippen molar-refractivity contribution in [1.29, 1.82) is 0 Å². The Kier molecular flexibility index (Phi) is 162. The van der Waals surface area contributed by atoms with Crippen LogP contribution in [0.5, 0.6) is 0 Å². The van der Waals surface area contributed by atoms with E-state index in [1.807, 2.05) is 0 Å². The van der Waals surface area contributed by atoms with Crippen LogP contribution in [0.1, 0.15) is 0 Å². The quantitative estimate of drug-likeness (QED) is 0.323. The van der Waals surface area contributed by atoms with Crippen LogP contribution in [0.25, 0.3) is 0 Å². The topological polar surface area (TPSA) is 133 Å². The number of hydrogen-bond donors (Lipinski definition) is 2. The van der Waals surface area contributed by atoms with Crippen LogP contribution in [0.3, 0.4) is 0 Å². The number of carbonyl (C=O) groups is 1. The van der Waals surface area contributed by atoms with Crippen molar-refractivity contribution in [1.82, 2.24) is 12.3 Å². The van der Waals surface area contributed by atoms with Gasteiger partial charge in [-0.25, -0.2) is 0 Å². The molecule has 0 aromatic rings. The van der Waals surface area contributed by atoms with Crippen molar-refractivity contribution in [3.8, 4) is 0 Å². The fraction of sp³-hybridized carbons (Fsp3) is 0. The Labute approximate surface area is 83.9 Å². The van der Waals surface area contributed by atoms with Crippen molar-refractivity contribution in [3.05, 3.63) is 13.2 Å². The molecule has 9 heavy (non-hydrogen) atoms. The van der Waals surface area contributed by atoms with Gasteiger partial charge in [-0.15, -0.1) is 13.2 Å². The van der Waals surface area contributed by atoms with Crippen molar-refractivity contribution in [2.24, 2.45) is 0 Å². The number of hydrogen-bond acceptors (Lipinski definition) is 5. The van der Waals surface area contributed by atoms with Gasteiger partial charge >= 0.3 is 37.7 Å². The Morgan fingerprint density at radius 3 is 1.11 bits per heavy atom. The molecule has 0 aliphatic heterocycles. The summed E-state index contributed by atoms with van der Waals surface area (Å²) in [7, 11) is 0. The summed E-state index contributed by atoms with van der Waals surface area (Å²) in [4.78, 5) is 8.33. The van der Waals surface area contributed by atoms with Crippen molar-refractivity contribution in [2.45, 2.75) is 0 Å². The van der Waals surface area contributed by atoms with Gasteiger partial charge in [-0.05, 0) is 6.16 Å². The minimum atomic E-state index is -2.33. The van der Waals surface area contributed by atoms with Crippen LogP contribution in [0, 0.1) is 0 Å². The third kappa shape index (κ3) is 8720. The van der Waals surface area contributed by atoms with E-state index in [0.717, 1.165) is 0 Å². The van der Waals surface area contributed by atoms with Gasteiger partial charge in [0.25, 0.3) is 0 Å². The summed E-state index contributed by atoms with van der Waals surface area (Å²) in [6.45, 7) is 6.00. The third-order valence-electron chi connectivity index (χ3n) is 0. The summed E-state index contributed by atoms with van der Waals surface area (Å²) in [5.74, 6) is 0. The smallest absolute Gasteiger partial charge is 0.652 e. The summed E-state index contributed by atoms with van der Waals surface area (Å²) < 4.78 is 0. The molecule has 0 fully saturated rings. The standard InChI is InChI=1S/C2H4.CH2O3.Ca.2H3N/c1-2;2-1(3)4;;;/h1-2H2;(H2,2,3,4);;2*1H3/q;;+2;;/p-2. The number of rotatable bonds is 0. The van der Waals surface area contributed by atoms with Gasteiger partial charge in [0.1, 0.15) is 0 Å². The Bertz CT molecular complexity index is 48.3. The first-order chi connectivity index (χ1) is 2.73. The fourth-order valence-electron chi connectivity index (χ4n) is 0. The molecule has 0 aliphatic rings. The molecule has 6 N–H and O–H groups in total. The average molecular weight is 162 g/mol. The number of carbonyl (C=O) groups excluding carboxylic acids is 1. The molecule has 0 unspecified atom stereocenters. The summed E-state index contributed by atoms with van der Waals surface area (Å²) >= 11 is 0. The van der Waals surface area contributed by atoms with E-state index in [4.69, 9.17) is 15.0 Å². The summed E-state index contributed by atoms with van der Waals surface area (Å²) in [5, 5.41) is 16.7. The van der Waals surface area contributed by atoms with Crippen LogP contribution < -0.4 is 22.5 Å². The average Bonchev–Trinajstić information content (AvgIpc) is 1.41. The van der Waals surface area contributed by atoms with Crippen LogP contribution in [-0.4, -0.2) is 43.9 Å². The van der Waals surface area contributed by atoms with E-state index >= 15 is 0 Å². The SMILES string of the molecule is C=C.N.N.O=C([O-])[O-].[Ca+2]. The van der Waals surface area contributed by atoms with E-state index in [9.17, 15) is 0 Å². The van der Waals surface area contributed by atoms with Gasteiger partial charge in [0.05, 0.1) is 0 Å². The Balaban J connectivity index is -0.00000000990. The van der Waals surface area contributed by atoms with Gasteiger partial charge in [-0.1, -0.05) is 0 Å². The minimum Gasteiger partial charge on any atom is -0.652 e. The van der Waals surface area contributed by atoms with E-state index in [-0.39, 0.29) is 50.0 Å². The number of carboxylic acid groups (broad SMARTS) is 2. The molecule has 0 aromatic carbocycles. The molecule has 0 spiro atoms. The molecule has 6 heteroatoms. The van der Waals surface area contributed by atoms with Crippen molar-refractivity contribution >= 4 is 43.9 Å². The van der Waals surface area contributed by atoms with Gasteiger partial charge < -0.3 is 27.3 Å². The molecular weight excluding hydrogens is 152 g/mol. The molecule has 52 valence electrons. The van der Waals surface area contributed by atoms with Crippen LogP contribution in [0.4, 0.5) is 4.79 Å². The van der Waals surface area contributed by atoms with Gasteiger partial charge in [-0.2, -0.15) is 0 Å². The minimum absolute atomic E-state index is 0. The van der Waals surface area contributed by atoms with Gasteiger partial charge in [-0.3, -0.25) is 0 Å². The second kappa shape index (κ2) is 41.6. The van der Waals surface area contributed by atoms with Gasteiger partial charge in [0.15, 0.2) is 0 Å². The first-order valence-electron chi connectivity index (χ1n) is 1.11. The van der Waals surface area contributed by atoms with Crippen LogP contribution >= 0.6 is 0 Å². The maximum atomic E-state index is 8.33. The molecule has 0 amide bonds. The second-order valence-electron chi connectivity index (χ2n) is 0.250. The zero-order valence-electron chi connectivity index (χ0n) is 5.26. The monoisotopic (exact) mass is 162 g/mol. The zero-order valence-corrected chi connectivity index (χ0v) is 7.47. The predicted octanol–water partition coefficient (Wildman–Crippen LogP) is -1.70. The van der Waals surface area contributed by atoms with E-state index in [1.54, 1.807) is 0 Å². The molecule has 0 aromatic heterocycles. The Morgan fingerprint density at radius 1 is 1.11 bits per heavy atom. The molecule has 0 radical (unpaired) electrons. The van der Waals surface area contributed by atoms with Gasteiger partial charge in [0.2, 0.25) is 0 Å². The van der Waals surface area contributed by atoms with Gasteiger partial charge in [0, 0.05) is 0 Å². The molecule has 0 bridgehead atoms. The molecule has 0 aliphatic carbocycles. The summed E-state index contributed by atoms with van der Waals surface area (Å²) in [6, 6.07) is 0. The van der Waals surface area contributed by atoms with Crippen LogP contribution in [-0.2, 0) is 0 Å². The molecule has 5 nitrogen and oxygen atoms in total. The Hall–Kier alpha value is 0.190. The fourth-order valence-corrected chi connectivity index (χ4v) is 0. The van der Waals surface area contributed by atoms with Crippen LogP contribution in [0.2, 0.25) is 0 Å². The van der Waals surface area contributed by atoms with Crippen molar-refractivity contribution in [2.75, 3.05) is 0 Å². The zero-order chi connectivity index (χ0) is 5.58. The first-order valence-corrected chi connectivity index (χ1v) is 1.11. The maximum Gasteiger partial charge on any atom is 2.00 e. The predicted molar refractivity (Wildman–Crippen MR) is 32.4 cm³/mol. The summed E-state index contributed by atoms with van der Waals surface area (Å²) in [5.41, 5.74) is 0. The van der Waals surface area contributed by atoms with Crippen molar-refractivity contribution in [3.63, 3.8) is 0 Å². The van der Waals surface area contributed by atoms with E-state index in [1.165, 1.54) is 0 Å². The molecule has 0 saturated carbocycles. The molecule has 0 saturated heterocycles. The summed E-state index contributed by atoms with van der Waals surface area (Å²) in [6.07, 6.45) is -2.33. The molecular formula is C3H10CaN2O3. The van der Waals surface area contributed by atoms with E-state index < -0.39 is 6.16 Å². The van der Waals surface area contributed by atoms with Crippen LogP contribution in [0.15, 0.2) is 13.2 Å². The maximum absolute atomic E-state index is 8.33. The Morgan fingerprint density at radius 2 is 1.11 bits per heavy atom. The first kappa shape index (κ1) is 35.1. The van der Waals surface area contributed by atoms with Crippen molar-refractivity contribution < 1.29 is 15.0 Å². The normalized spacial score (nSPS) is 3.11. The largest absolute Gasteiger partial charge is 2.00 e. The molecule has 0 atom stereocenters. The molecule has 0 rings (SSSR count). The second-order valence-corrected chi connectivity index (χ2v) is 0.250. The van der Waals surface area contributed by atoms with E-state index in [0.29, 0.717) is 0 Å².